The summed E-state index contributed by atoms with van der Waals surface area (Å²) in [7, 11) is -2.94. The molecule has 8 nitrogen and oxygen atoms in total. The third-order valence-corrected chi connectivity index (χ3v) is 12.4. The van der Waals surface area contributed by atoms with Gasteiger partial charge < -0.3 is 20.2 Å². The molecule has 4 rings (SSSR count). The SMILES string of the molecule is CC(C)(C)[Si](OCC(C(N)=O)N1CC2(CCCN2C(=O)O)C1=O)(c1ccccc1)c1ccccc1. The van der Waals surface area contributed by atoms with Crippen molar-refractivity contribution in [2.75, 3.05) is 19.7 Å². The molecule has 2 atom stereocenters. The first-order valence-corrected chi connectivity index (χ1v) is 13.8. The van der Waals surface area contributed by atoms with Gasteiger partial charge in [0.05, 0.1) is 13.2 Å². The molecule has 0 bridgehead atoms. The van der Waals surface area contributed by atoms with Crippen LogP contribution in [-0.2, 0) is 14.0 Å². The molecule has 2 fully saturated rings. The molecule has 0 saturated carbocycles. The van der Waals surface area contributed by atoms with Gasteiger partial charge in [0.1, 0.15) is 11.6 Å². The van der Waals surface area contributed by atoms with Gasteiger partial charge in [-0.15, -0.1) is 0 Å². The van der Waals surface area contributed by atoms with Crippen LogP contribution < -0.4 is 16.1 Å². The standard InChI is InChI=1S/C26H33N3O5Si/c1-25(2,3)35(19-11-6-4-7-12-19,20-13-8-5-9-14-20)34-17-21(22(27)30)28-18-26(23(28)31)15-10-16-29(26)24(32)33/h4-9,11-14,21H,10,15-18H2,1-3H3,(H2,27,30)(H,32,33). The molecule has 9 heteroatoms. The predicted molar refractivity (Wildman–Crippen MR) is 135 cm³/mol. The molecular weight excluding hydrogens is 462 g/mol. The fourth-order valence-corrected chi connectivity index (χ4v) is 10.2. The monoisotopic (exact) mass is 495 g/mol. The van der Waals surface area contributed by atoms with Gasteiger partial charge in [-0.1, -0.05) is 81.4 Å². The Kier molecular flexibility index (Phi) is 6.50. The summed E-state index contributed by atoms with van der Waals surface area (Å²) in [4.78, 5) is 40.1. The molecule has 3 N–H and O–H groups in total. The van der Waals surface area contributed by atoms with Crippen molar-refractivity contribution in [3.05, 3.63) is 60.7 Å². The molecule has 186 valence electrons. The summed E-state index contributed by atoms with van der Waals surface area (Å²) in [5, 5.41) is 11.4. The van der Waals surface area contributed by atoms with E-state index in [-0.39, 0.29) is 24.1 Å². The van der Waals surface area contributed by atoms with E-state index in [0.717, 1.165) is 10.4 Å². The van der Waals surface area contributed by atoms with Crippen molar-refractivity contribution in [3.8, 4) is 0 Å². The Morgan fingerprint density at radius 1 is 1.09 bits per heavy atom. The quantitative estimate of drug-likeness (QED) is 0.449. The van der Waals surface area contributed by atoms with Crippen molar-refractivity contribution in [1.29, 1.82) is 0 Å². The van der Waals surface area contributed by atoms with Crippen LogP contribution in [-0.4, -0.2) is 72.4 Å². The zero-order valence-electron chi connectivity index (χ0n) is 20.4. The largest absolute Gasteiger partial charge is 0.465 e. The minimum atomic E-state index is -2.94. The summed E-state index contributed by atoms with van der Waals surface area (Å²) in [5.74, 6) is -1.03. The van der Waals surface area contributed by atoms with E-state index >= 15 is 0 Å². The lowest BCUT2D eigenvalue weighted by Crippen LogP contribution is -2.77. The second kappa shape index (κ2) is 9.12. The Morgan fingerprint density at radius 2 is 1.63 bits per heavy atom. The number of amides is 3. The first-order valence-electron chi connectivity index (χ1n) is 11.9. The number of carbonyl (C=O) groups excluding carboxylic acids is 2. The molecule has 1 spiro atoms. The number of benzene rings is 2. The zero-order chi connectivity index (χ0) is 25.4. The highest BCUT2D eigenvalue weighted by Crippen LogP contribution is 2.41. The Hall–Kier alpha value is -3.17. The Bertz CT molecular complexity index is 1070. The van der Waals surface area contributed by atoms with Gasteiger partial charge in [-0.2, -0.15) is 0 Å². The van der Waals surface area contributed by atoms with Crippen molar-refractivity contribution in [3.63, 3.8) is 0 Å². The van der Waals surface area contributed by atoms with Gasteiger partial charge in [0.15, 0.2) is 0 Å². The summed E-state index contributed by atoms with van der Waals surface area (Å²) in [6.45, 7) is 6.80. The van der Waals surface area contributed by atoms with Crippen LogP contribution in [0, 0.1) is 0 Å². The normalized spacial score (nSPS) is 21.2. The van der Waals surface area contributed by atoms with E-state index in [1.807, 2.05) is 36.4 Å². The molecule has 2 aliphatic rings. The fraction of sp³-hybridized carbons (Fsp3) is 0.423. The molecule has 0 radical (unpaired) electrons. The fourth-order valence-electron chi connectivity index (χ4n) is 5.68. The highest BCUT2D eigenvalue weighted by atomic mass is 28.4. The maximum Gasteiger partial charge on any atom is 0.408 e. The first-order chi connectivity index (χ1) is 16.5. The number of hydrogen-bond acceptors (Lipinski definition) is 4. The van der Waals surface area contributed by atoms with Crippen molar-refractivity contribution in [2.24, 2.45) is 5.73 Å². The molecule has 2 aromatic carbocycles. The van der Waals surface area contributed by atoms with E-state index in [4.69, 9.17) is 10.2 Å². The number of carboxylic acid groups (broad SMARTS) is 1. The summed E-state index contributed by atoms with van der Waals surface area (Å²) in [5.41, 5.74) is 4.69. The number of β-lactam (4-membered cyclic amide) rings is 1. The van der Waals surface area contributed by atoms with Crippen molar-refractivity contribution >= 4 is 36.6 Å². The maximum absolute atomic E-state index is 13.3. The van der Waals surface area contributed by atoms with Gasteiger partial charge in [-0.05, 0) is 28.3 Å². The van der Waals surface area contributed by atoms with E-state index in [0.29, 0.717) is 19.4 Å². The van der Waals surface area contributed by atoms with Crippen molar-refractivity contribution in [2.45, 2.75) is 50.2 Å². The Morgan fingerprint density at radius 3 is 2.06 bits per heavy atom. The predicted octanol–water partition coefficient (Wildman–Crippen LogP) is 1.77. The van der Waals surface area contributed by atoms with Crippen LogP contribution in [0.4, 0.5) is 4.79 Å². The van der Waals surface area contributed by atoms with Crippen molar-refractivity contribution < 1.29 is 23.9 Å². The molecule has 35 heavy (non-hydrogen) atoms. The van der Waals surface area contributed by atoms with E-state index in [9.17, 15) is 19.5 Å². The van der Waals surface area contributed by atoms with Gasteiger partial charge in [-0.3, -0.25) is 14.5 Å². The average molecular weight is 496 g/mol. The van der Waals surface area contributed by atoms with Gasteiger partial charge in [0, 0.05) is 6.54 Å². The number of carbonyl (C=O) groups is 3. The van der Waals surface area contributed by atoms with Crippen LogP contribution in [0.15, 0.2) is 60.7 Å². The number of nitrogens with two attached hydrogens (primary N) is 1. The van der Waals surface area contributed by atoms with Crippen LogP contribution in [0.2, 0.25) is 5.04 Å². The lowest BCUT2D eigenvalue weighted by molar-refractivity contribution is -0.167. The van der Waals surface area contributed by atoms with Gasteiger partial charge in [0.2, 0.25) is 5.91 Å². The van der Waals surface area contributed by atoms with Gasteiger partial charge >= 0.3 is 6.09 Å². The minimum Gasteiger partial charge on any atom is -0.465 e. The van der Waals surface area contributed by atoms with Crippen LogP contribution in [0.3, 0.4) is 0 Å². The summed E-state index contributed by atoms with van der Waals surface area (Å²) >= 11 is 0. The van der Waals surface area contributed by atoms with Crippen LogP contribution in [0.5, 0.6) is 0 Å². The Balaban J connectivity index is 1.67. The molecule has 2 aromatic rings. The van der Waals surface area contributed by atoms with Crippen LogP contribution >= 0.6 is 0 Å². The molecule has 2 heterocycles. The summed E-state index contributed by atoms with van der Waals surface area (Å²) < 4.78 is 6.83. The second-order valence-corrected chi connectivity index (χ2v) is 14.7. The van der Waals surface area contributed by atoms with E-state index in [1.54, 1.807) is 0 Å². The van der Waals surface area contributed by atoms with E-state index < -0.39 is 31.9 Å². The Labute approximate surface area is 206 Å². The minimum absolute atomic E-state index is 0.0580. The van der Waals surface area contributed by atoms with Gasteiger partial charge in [-0.25, -0.2) is 4.79 Å². The van der Waals surface area contributed by atoms with Gasteiger partial charge in [0.25, 0.3) is 14.2 Å². The maximum atomic E-state index is 13.3. The number of likely N-dealkylation sites (tertiary alicyclic amines) is 2. The molecular formula is C26H33N3O5Si. The number of hydrogen-bond donors (Lipinski definition) is 2. The smallest absolute Gasteiger partial charge is 0.408 e. The third-order valence-electron chi connectivity index (χ3n) is 7.39. The topological polar surface area (TPSA) is 113 Å². The lowest BCUT2D eigenvalue weighted by Gasteiger charge is -2.53. The summed E-state index contributed by atoms with van der Waals surface area (Å²) in [6.07, 6.45) is -0.0452. The molecule has 2 saturated heterocycles. The van der Waals surface area contributed by atoms with Crippen LogP contribution in [0.25, 0.3) is 0 Å². The summed E-state index contributed by atoms with van der Waals surface area (Å²) in [6, 6.07) is 19.0. The lowest BCUT2D eigenvalue weighted by atomic mass is 9.84. The van der Waals surface area contributed by atoms with E-state index in [2.05, 4.69) is 45.0 Å². The molecule has 2 aliphatic heterocycles. The number of rotatable bonds is 7. The highest BCUT2D eigenvalue weighted by Gasteiger charge is 2.62. The number of nitrogens with zero attached hydrogens (tertiary/aromatic N) is 2. The van der Waals surface area contributed by atoms with Crippen LogP contribution in [0.1, 0.15) is 33.6 Å². The molecule has 0 aliphatic carbocycles. The number of primary amides is 1. The van der Waals surface area contributed by atoms with E-state index in [1.165, 1.54) is 9.80 Å². The first kappa shape index (κ1) is 24.9. The zero-order valence-corrected chi connectivity index (χ0v) is 21.4. The van der Waals surface area contributed by atoms with Crippen molar-refractivity contribution in [1.82, 2.24) is 9.80 Å². The molecule has 3 amide bonds. The highest BCUT2D eigenvalue weighted by molar-refractivity contribution is 6.99. The molecule has 2 unspecified atom stereocenters. The average Bonchev–Trinajstić information content (AvgIpc) is 3.28. The second-order valence-electron chi connectivity index (χ2n) is 10.4. The molecule has 0 aromatic heterocycles. The third kappa shape index (κ3) is 4.02.